The first-order valence-corrected chi connectivity index (χ1v) is 6.35. The van der Waals surface area contributed by atoms with Crippen LogP contribution in [0.25, 0.3) is 0 Å². The number of hydrogen-bond donors (Lipinski definition) is 3. The van der Waals surface area contributed by atoms with E-state index in [9.17, 15) is 14.4 Å². The molecule has 0 aromatic carbocycles. The van der Waals surface area contributed by atoms with Crippen molar-refractivity contribution in [2.75, 3.05) is 26.7 Å². The number of nitrogens with zero attached hydrogens (tertiary/aromatic N) is 1. The van der Waals surface area contributed by atoms with Crippen LogP contribution < -0.4 is 10.6 Å². The van der Waals surface area contributed by atoms with Crippen molar-refractivity contribution in [2.24, 2.45) is 5.92 Å². The molecule has 0 bridgehead atoms. The number of nitrogens with one attached hydrogen (secondary N) is 2. The molecule has 3 N–H and O–H groups in total. The van der Waals surface area contributed by atoms with Gasteiger partial charge in [0.25, 0.3) is 0 Å². The molecule has 7 heteroatoms. The summed E-state index contributed by atoms with van der Waals surface area (Å²) in [5.41, 5.74) is 0. The Labute approximate surface area is 113 Å². The number of unbranched alkanes of at least 4 members (excludes halogenated alkanes) is 1. The summed E-state index contributed by atoms with van der Waals surface area (Å²) in [5.74, 6) is -1.92. The van der Waals surface area contributed by atoms with Gasteiger partial charge in [-0.15, -0.1) is 0 Å². The Hall–Kier alpha value is -1.63. The molecule has 0 aromatic heterocycles. The number of carboxylic acids is 1. The topological polar surface area (TPSA) is 98.7 Å². The summed E-state index contributed by atoms with van der Waals surface area (Å²) >= 11 is 0. The van der Waals surface area contributed by atoms with Gasteiger partial charge in [0.2, 0.25) is 5.91 Å². The Morgan fingerprint density at radius 1 is 1.32 bits per heavy atom. The Bertz CT molecular complexity index is 320. The number of urea groups is 1. The highest BCUT2D eigenvalue weighted by Crippen LogP contribution is 1.97. The van der Waals surface area contributed by atoms with Gasteiger partial charge in [-0.3, -0.25) is 19.8 Å². The summed E-state index contributed by atoms with van der Waals surface area (Å²) in [4.78, 5) is 35.0. The summed E-state index contributed by atoms with van der Waals surface area (Å²) in [6.45, 7) is 4.33. The van der Waals surface area contributed by atoms with Crippen LogP contribution in [0, 0.1) is 5.92 Å². The summed E-state index contributed by atoms with van der Waals surface area (Å²) in [6, 6.07) is -0.516. The van der Waals surface area contributed by atoms with Crippen LogP contribution in [0.15, 0.2) is 0 Å². The van der Waals surface area contributed by atoms with Gasteiger partial charge >= 0.3 is 12.0 Å². The Balaban J connectivity index is 3.90. The zero-order valence-corrected chi connectivity index (χ0v) is 11.7. The second kappa shape index (κ2) is 9.32. The van der Waals surface area contributed by atoms with E-state index in [2.05, 4.69) is 10.6 Å². The molecule has 1 unspecified atom stereocenters. The van der Waals surface area contributed by atoms with Crippen LogP contribution in [0.2, 0.25) is 0 Å². The molecule has 0 aliphatic rings. The van der Waals surface area contributed by atoms with Gasteiger partial charge in [-0.2, -0.15) is 0 Å². The minimum atomic E-state index is -0.912. The van der Waals surface area contributed by atoms with Gasteiger partial charge < -0.3 is 10.4 Å². The van der Waals surface area contributed by atoms with E-state index in [0.717, 1.165) is 12.8 Å². The summed E-state index contributed by atoms with van der Waals surface area (Å²) in [7, 11) is 1.63. The van der Waals surface area contributed by atoms with E-state index in [-0.39, 0.29) is 13.1 Å². The van der Waals surface area contributed by atoms with E-state index in [0.29, 0.717) is 6.54 Å². The molecule has 0 aromatic rings. The number of imide groups is 1. The molecule has 1 atom stereocenters. The highest BCUT2D eigenvalue weighted by atomic mass is 16.4. The number of likely N-dealkylation sites (N-methyl/N-ethyl adjacent to an activating group) is 1. The minimum Gasteiger partial charge on any atom is -0.481 e. The summed E-state index contributed by atoms with van der Waals surface area (Å²) in [5, 5.41) is 13.5. The van der Waals surface area contributed by atoms with Crippen LogP contribution in [-0.2, 0) is 9.59 Å². The predicted molar refractivity (Wildman–Crippen MR) is 70.7 cm³/mol. The maximum Gasteiger partial charge on any atom is 0.321 e. The molecule has 3 amide bonds. The van der Waals surface area contributed by atoms with Crippen molar-refractivity contribution in [3.8, 4) is 0 Å². The van der Waals surface area contributed by atoms with Crippen molar-refractivity contribution in [3.05, 3.63) is 0 Å². The Morgan fingerprint density at radius 2 is 1.95 bits per heavy atom. The number of rotatable bonds is 8. The lowest BCUT2D eigenvalue weighted by molar-refractivity contribution is -0.142. The lowest BCUT2D eigenvalue weighted by Crippen LogP contribution is -2.44. The Kier molecular flexibility index (Phi) is 8.52. The smallest absolute Gasteiger partial charge is 0.321 e. The molecule has 0 saturated heterocycles. The number of amides is 3. The monoisotopic (exact) mass is 273 g/mol. The largest absolute Gasteiger partial charge is 0.481 e. The fraction of sp³-hybridized carbons (Fsp3) is 0.750. The molecular weight excluding hydrogens is 250 g/mol. The number of carboxylic acid groups (broad SMARTS) is 1. The maximum absolute atomic E-state index is 11.5. The van der Waals surface area contributed by atoms with Crippen LogP contribution in [0.1, 0.15) is 26.7 Å². The van der Waals surface area contributed by atoms with Crippen molar-refractivity contribution in [3.63, 3.8) is 0 Å². The third kappa shape index (κ3) is 9.01. The van der Waals surface area contributed by atoms with Crippen molar-refractivity contribution >= 4 is 17.9 Å². The van der Waals surface area contributed by atoms with Gasteiger partial charge in [0, 0.05) is 13.1 Å². The van der Waals surface area contributed by atoms with E-state index in [1.807, 2.05) is 6.92 Å². The van der Waals surface area contributed by atoms with Crippen molar-refractivity contribution in [1.82, 2.24) is 15.5 Å². The fourth-order valence-electron chi connectivity index (χ4n) is 1.44. The standard InChI is InChI=1S/C12H23N3O4/c1-4-5-6-13-12(19)14-10(16)8-15(3)7-9(2)11(17)18/h9H,4-8H2,1-3H3,(H,17,18)(H2,13,14,16,19). The maximum atomic E-state index is 11.5. The van der Waals surface area contributed by atoms with Crippen molar-refractivity contribution in [1.29, 1.82) is 0 Å². The second-order valence-corrected chi connectivity index (χ2v) is 4.59. The first-order chi connectivity index (χ1) is 8.86. The molecule has 0 aliphatic heterocycles. The van der Waals surface area contributed by atoms with Crippen LogP contribution in [-0.4, -0.2) is 54.6 Å². The second-order valence-electron chi connectivity index (χ2n) is 4.59. The fourth-order valence-corrected chi connectivity index (χ4v) is 1.44. The third-order valence-electron chi connectivity index (χ3n) is 2.49. The molecule has 0 aliphatic carbocycles. The van der Waals surface area contributed by atoms with E-state index in [1.54, 1.807) is 18.9 Å². The number of aliphatic carboxylic acids is 1. The first-order valence-electron chi connectivity index (χ1n) is 6.35. The molecule has 0 radical (unpaired) electrons. The zero-order chi connectivity index (χ0) is 14.8. The molecule has 0 rings (SSSR count). The third-order valence-corrected chi connectivity index (χ3v) is 2.49. The van der Waals surface area contributed by atoms with Gasteiger partial charge in [0.1, 0.15) is 0 Å². The number of carbonyl (C=O) groups is 3. The normalized spacial score (nSPS) is 12.0. The highest BCUT2D eigenvalue weighted by Gasteiger charge is 2.16. The predicted octanol–water partition coefficient (Wildman–Crippen LogP) is 0.265. The van der Waals surface area contributed by atoms with Crippen molar-refractivity contribution in [2.45, 2.75) is 26.7 Å². The highest BCUT2D eigenvalue weighted by molar-refractivity contribution is 5.95. The molecule has 7 nitrogen and oxygen atoms in total. The molecule has 110 valence electrons. The molecule has 0 fully saturated rings. The van der Waals surface area contributed by atoms with Gasteiger partial charge in [-0.05, 0) is 13.5 Å². The van der Waals surface area contributed by atoms with Gasteiger partial charge in [-0.25, -0.2) is 4.79 Å². The SMILES string of the molecule is CCCCNC(=O)NC(=O)CN(C)CC(C)C(=O)O. The molecule has 0 heterocycles. The molecule has 19 heavy (non-hydrogen) atoms. The minimum absolute atomic E-state index is 0.0151. The van der Waals surface area contributed by atoms with Crippen LogP contribution in [0.5, 0.6) is 0 Å². The first kappa shape index (κ1) is 17.4. The number of carbonyl (C=O) groups excluding carboxylic acids is 2. The average molecular weight is 273 g/mol. The van der Waals surface area contributed by atoms with E-state index >= 15 is 0 Å². The van der Waals surface area contributed by atoms with Crippen LogP contribution in [0.3, 0.4) is 0 Å². The lowest BCUT2D eigenvalue weighted by Gasteiger charge is -2.18. The van der Waals surface area contributed by atoms with Crippen LogP contribution >= 0.6 is 0 Å². The average Bonchev–Trinajstić information content (AvgIpc) is 2.28. The van der Waals surface area contributed by atoms with E-state index in [1.165, 1.54) is 0 Å². The zero-order valence-electron chi connectivity index (χ0n) is 11.7. The van der Waals surface area contributed by atoms with Gasteiger partial charge in [0.15, 0.2) is 0 Å². The Morgan fingerprint density at radius 3 is 2.47 bits per heavy atom. The summed E-state index contributed by atoms with van der Waals surface area (Å²) < 4.78 is 0. The molecular formula is C12H23N3O4. The summed E-state index contributed by atoms with van der Waals surface area (Å²) in [6.07, 6.45) is 1.82. The number of hydrogen-bond acceptors (Lipinski definition) is 4. The van der Waals surface area contributed by atoms with Gasteiger partial charge in [-0.1, -0.05) is 20.3 Å². The van der Waals surface area contributed by atoms with E-state index in [4.69, 9.17) is 5.11 Å². The lowest BCUT2D eigenvalue weighted by atomic mass is 10.2. The van der Waals surface area contributed by atoms with E-state index < -0.39 is 23.8 Å². The molecule has 0 saturated carbocycles. The van der Waals surface area contributed by atoms with Crippen LogP contribution in [0.4, 0.5) is 4.79 Å². The molecule has 0 spiro atoms. The quantitative estimate of drug-likeness (QED) is 0.551. The van der Waals surface area contributed by atoms with Crippen molar-refractivity contribution < 1.29 is 19.5 Å². The van der Waals surface area contributed by atoms with Gasteiger partial charge in [0.05, 0.1) is 12.5 Å².